The molecule has 1 aromatic heterocycles. The topological polar surface area (TPSA) is 82.7 Å². The number of hydrogen-bond donors (Lipinski definition) is 1. The van der Waals surface area contributed by atoms with Crippen molar-refractivity contribution in [2.45, 2.75) is 37.8 Å². The number of aromatic nitrogens is 1. The number of carbonyl (C=O) groups excluding carboxylic acids is 1. The van der Waals surface area contributed by atoms with Gasteiger partial charge in [0.25, 0.3) is 0 Å². The molecular weight excluding hydrogens is 566 g/mol. The van der Waals surface area contributed by atoms with Crippen LogP contribution < -0.4 is 4.74 Å². The van der Waals surface area contributed by atoms with E-state index >= 15 is 0 Å². The van der Waals surface area contributed by atoms with Crippen molar-refractivity contribution in [3.05, 3.63) is 94.6 Å². The molecule has 0 aliphatic rings. The van der Waals surface area contributed by atoms with E-state index in [1.807, 2.05) is 48.7 Å². The maximum atomic E-state index is 13.8. The van der Waals surface area contributed by atoms with Crippen LogP contribution in [0.2, 0.25) is 0 Å². The van der Waals surface area contributed by atoms with Crippen molar-refractivity contribution in [3.63, 3.8) is 0 Å². The molecule has 200 valence electrons. The van der Waals surface area contributed by atoms with Gasteiger partial charge in [0.05, 0.1) is 18.6 Å². The summed E-state index contributed by atoms with van der Waals surface area (Å²) in [6, 6.07) is 21.6. The summed E-state index contributed by atoms with van der Waals surface area (Å²) in [6.07, 6.45) is 2.58. The summed E-state index contributed by atoms with van der Waals surface area (Å²) in [6.45, 7) is 4.01. The lowest BCUT2D eigenvalue weighted by Gasteiger charge is -2.30. The summed E-state index contributed by atoms with van der Waals surface area (Å²) < 4.78 is 34.6. The van der Waals surface area contributed by atoms with Crippen molar-refractivity contribution >= 4 is 42.8 Å². The minimum atomic E-state index is -3.88. The van der Waals surface area contributed by atoms with E-state index in [2.05, 4.69) is 27.0 Å². The minimum absolute atomic E-state index is 0.150. The van der Waals surface area contributed by atoms with Crippen LogP contribution in [0.1, 0.15) is 25.0 Å². The van der Waals surface area contributed by atoms with Crippen LogP contribution in [-0.2, 0) is 27.8 Å². The fourth-order valence-corrected chi connectivity index (χ4v) is 6.30. The number of ether oxygens (including phenoxy) is 1. The van der Waals surface area contributed by atoms with Gasteiger partial charge in [0.15, 0.2) is 0 Å². The number of H-pyrrole nitrogens is 1. The second-order valence-electron chi connectivity index (χ2n) is 9.33. The zero-order valence-corrected chi connectivity index (χ0v) is 24.1. The van der Waals surface area contributed by atoms with Gasteiger partial charge in [0, 0.05) is 46.3 Å². The zero-order valence-electron chi connectivity index (χ0n) is 21.7. The number of fused-ring (bicyclic) bond motifs is 1. The Kier molecular flexibility index (Phi) is 8.91. The molecule has 9 heteroatoms. The van der Waals surface area contributed by atoms with Gasteiger partial charge >= 0.3 is 0 Å². The van der Waals surface area contributed by atoms with Crippen molar-refractivity contribution in [1.29, 1.82) is 0 Å². The van der Waals surface area contributed by atoms with Gasteiger partial charge in [-0.25, -0.2) is 8.42 Å². The quantitative estimate of drug-likeness (QED) is 0.243. The number of carbonyl (C=O) groups is 1. The molecule has 1 N–H and O–H groups in total. The molecule has 0 radical (unpaired) electrons. The van der Waals surface area contributed by atoms with E-state index in [-0.39, 0.29) is 17.3 Å². The maximum Gasteiger partial charge on any atom is 0.243 e. The minimum Gasteiger partial charge on any atom is -0.496 e. The van der Waals surface area contributed by atoms with Gasteiger partial charge in [-0.2, -0.15) is 4.31 Å². The highest BCUT2D eigenvalue weighted by molar-refractivity contribution is 9.10. The van der Waals surface area contributed by atoms with Gasteiger partial charge in [-0.1, -0.05) is 52.3 Å². The number of halogens is 1. The average molecular weight is 599 g/mol. The molecule has 0 atom stereocenters. The summed E-state index contributed by atoms with van der Waals surface area (Å²) in [5, 5.41) is 1.11. The number of benzene rings is 3. The van der Waals surface area contributed by atoms with Crippen molar-refractivity contribution in [1.82, 2.24) is 14.2 Å². The summed E-state index contributed by atoms with van der Waals surface area (Å²) in [5.41, 5.74) is 2.99. The van der Waals surface area contributed by atoms with E-state index in [1.165, 1.54) is 4.31 Å². The Morgan fingerprint density at radius 3 is 2.37 bits per heavy atom. The molecule has 4 rings (SSSR count). The van der Waals surface area contributed by atoms with Crippen LogP contribution >= 0.6 is 15.9 Å². The van der Waals surface area contributed by atoms with Crippen LogP contribution in [0.4, 0.5) is 0 Å². The monoisotopic (exact) mass is 597 g/mol. The number of nitrogens with zero attached hydrogens (tertiary/aromatic N) is 2. The molecule has 0 aliphatic carbocycles. The molecule has 4 aromatic rings. The molecule has 1 amide bonds. The average Bonchev–Trinajstić information content (AvgIpc) is 3.32. The third kappa shape index (κ3) is 6.28. The molecule has 0 saturated heterocycles. The van der Waals surface area contributed by atoms with Gasteiger partial charge in [-0.05, 0) is 62.2 Å². The van der Waals surface area contributed by atoms with Crippen molar-refractivity contribution in [3.8, 4) is 5.75 Å². The Balaban J connectivity index is 1.61. The maximum absolute atomic E-state index is 13.8. The first-order chi connectivity index (χ1) is 18.2. The molecule has 0 spiro atoms. The Hall–Kier alpha value is -3.14. The first-order valence-electron chi connectivity index (χ1n) is 12.4. The molecule has 1 heterocycles. The Bertz CT molecular complexity index is 1500. The molecule has 0 bridgehead atoms. The second-order valence-corrected chi connectivity index (χ2v) is 12.1. The Labute approximate surface area is 232 Å². The predicted molar refractivity (Wildman–Crippen MR) is 154 cm³/mol. The third-order valence-corrected chi connectivity index (χ3v) is 9.08. The normalized spacial score (nSPS) is 11.8. The molecule has 0 aliphatic heterocycles. The lowest BCUT2D eigenvalue weighted by molar-refractivity contribution is -0.132. The van der Waals surface area contributed by atoms with Gasteiger partial charge < -0.3 is 14.6 Å². The fourth-order valence-electron chi connectivity index (χ4n) is 4.45. The van der Waals surface area contributed by atoms with E-state index in [0.717, 1.165) is 26.5 Å². The fraction of sp³-hybridized carbons (Fsp3) is 0.276. The van der Waals surface area contributed by atoms with E-state index in [4.69, 9.17) is 4.74 Å². The highest BCUT2D eigenvalue weighted by Gasteiger charge is 2.31. The lowest BCUT2D eigenvalue weighted by atomic mass is 10.1. The number of rotatable bonds is 11. The molecule has 7 nitrogen and oxygen atoms in total. The molecular formula is C29H32BrN3O4S. The largest absolute Gasteiger partial charge is 0.496 e. The molecule has 38 heavy (non-hydrogen) atoms. The number of sulfonamides is 1. The first kappa shape index (κ1) is 27.9. The number of methoxy groups -OCH3 is 1. The van der Waals surface area contributed by atoms with E-state index in [9.17, 15) is 13.2 Å². The second kappa shape index (κ2) is 12.1. The highest BCUT2D eigenvalue weighted by Crippen LogP contribution is 2.24. The van der Waals surface area contributed by atoms with Crippen LogP contribution in [0.25, 0.3) is 10.9 Å². The number of aromatic amines is 1. The van der Waals surface area contributed by atoms with Gasteiger partial charge in [0.2, 0.25) is 15.9 Å². The Morgan fingerprint density at radius 2 is 1.66 bits per heavy atom. The lowest BCUT2D eigenvalue weighted by Crippen LogP contribution is -2.46. The molecule has 3 aromatic carbocycles. The van der Waals surface area contributed by atoms with E-state index < -0.39 is 16.1 Å². The zero-order chi connectivity index (χ0) is 27.3. The summed E-state index contributed by atoms with van der Waals surface area (Å²) in [5.74, 6) is 0.408. The summed E-state index contributed by atoms with van der Waals surface area (Å²) in [4.78, 5) is 18.9. The third-order valence-electron chi connectivity index (χ3n) is 6.52. The predicted octanol–water partition coefficient (Wildman–Crippen LogP) is 5.61. The van der Waals surface area contributed by atoms with Crippen LogP contribution in [0.5, 0.6) is 5.75 Å². The molecule has 0 saturated carbocycles. The highest BCUT2D eigenvalue weighted by atomic mass is 79.9. The number of nitrogens with one attached hydrogen (secondary N) is 1. The van der Waals surface area contributed by atoms with Crippen LogP contribution in [0.3, 0.4) is 0 Å². The van der Waals surface area contributed by atoms with E-state index in [0.29, 0.717) is 25.3 Å². The summed E-state index contributed by atoms with van der Waals surface area (Å²) in [7, 11) is -2.28. The van der Waals surface area contributed by atoms with Crippen LogP contribution in [-0.4, -0.2) is 54.8 Å². The van der Waals surface area contributed by atoms with Crippen LogP contribution in [0.15, 0.2) is 88.4 Å². The van der Waals surface area contributed by atoms with Crippen LogP contribution in [0, 0.1) is 0 Å². The molecule has 0 fully saturated rings. The standard InChI is InChI=1S/C29H32BrN3O4S/c1-21(2)33(38(35,36)25-14-12-24(30)13-15-25)20-29(34)32(19-23-8-4-7-11-28(23)37-3)17-16-22-18-31-27-10-6-5-9-26(22)27/h4-15,18,21,31H,16-17,19-20H2,1-3H3. The van der Waals surface area contributed by atoms with Gasteiger partial charge in [-0.3, -0.25) is 4.79 Å². The first-order valence-corrected chi connectivity index (χ1v) is 14.7. The van der Waals surface area contributed by atoms with Gasteiger partial charge in [-0.15, -0.1) is 0 Å². The number of para-hydroxylation sites is 2. The Morgan fingerprint density at radius 1 is 0.974 bits per heavy atom. The van der Waals surface area contributed by atoms with E-state index in [1.54, 1.807) is 50.1 Å². The smallest absolute Gasteiger partial charge is 0.243 e. The summed E-state index contributed by atoms with van der Waals surface area (Å²) >= 11 is 3.35. The van der Waals surface area contributed by atoms with Crippen molar-refractivity contribution in [2.75, 3.05) is 20.2 Å². The van der Waals surface area contributed by atoms with Crippen molar-refractivity contribution in [2.24, 2.45) is 0 Å². The van der Waals surface area contributed by atoms with Gasteiger partial charge in [0.1, 0.15) is 5.75 Å². The van der Waals surface area contributed by atoms with Crippen molar-refractivity contribution < 1.29 is 17.9 Å². The molecule has 0 unspecified atom stereocenters. The number of hydrogen-bond acceptors (Lipinski definition) is 4. The number of amides is 1. The SMILES string of the molecule is COc1ccccc1CN(CCc1c[nH]c2ccccc12)C(=O)CN(C(C)C)S(=O)(=O)c1ccc(Br)cc1.